The van der Waals surface area contributed by atoms with Crippen LogP contribution in [0, 0.1) is 0 Å². The molecule has 2 unspecified atom stereocenters. The van der Waals surface area contributed by atoms with Gasteiger partial charge >= 0.3 is 0 Å². The maximum Gasteiger partial charge on any atom is 0.123 e. The summed E-state index contributed by atoms with van der Waals surface area (Å²) in [7, 11) is 0. The molecule has 0 spiro atoms. The van der Waals surface area contributed by atoms with Crippen LogP contribution in [-0.2, 0) is 11.3 Å². The maximum atomic E-state index is 6.10. The minimum Gasteiger partial charge on any atom is -0.492 e. The second-order valence-corrected chi connectivity index (χ2v) is 5.45. The highest BCUT2D eigenvalue weighted by Gasteiger charge is 2.45. The number of hydrogen-bond donors (Lipinski definition) is 1. The molecule has 2 N–H and O–H groups in total. The van der Waals surface area contributed by atoms with Crippen LogP contribution in [0.3, 0.4) is 0 Å². The van der Waals surface area contributed by atoms with E-state index in [1.54, 1.807) is 0 Å². The molecule has 4 nitrogen and oxygen atoms in total. The molecule has 2 aliphatic rings. The zero-order valence-corrected chi connectivity index (χ0v) is 11.5. The van der Waals surface area contributed by atoms with E-state index in [0.717, 1.165) is 31.9 Å². The number of ether oxygens (including phenoxy) is 2. The van der Waals surface area contributed by atoms with E-state index in [4.69, 9.17) is 15.2 Å². The SMILES string of the molecule is CC1OCCC1(CN)N1CCOc2ccccc2C1. The average Bonchev–Trinajstić information content (AvgIpc) is 2.69. The number of para-hydroxylation sites is 1. The van der Waals surface area contributed by atoms with Gasteiger partial charge in [-0.25, -0.2) is 0 Å². The van der Waals surface area contributed by atoms with E-state index in [-0.39, 0.29) is 11.6 Å². The fraction of sp³-hybridized carbons (Fsp3) is 0.600. The quantitative estimate of drug-likeness (QED) is 0.875. The molecular formula is C15H22N2O2. The third-order valence-electron chi connectivity index (χ3n) is 4.60. The minimum absolute atomic E-state index is 0.0409. The van der Waals surface area contributed by atoms with Gasteiger partial charge in [0.1, 0.15) is 12.4 Å². The van der Waals surface area contributed by atoms with E-state index < -0.39 is 0 Å². The normalized spacial score (nSPS) is 31.6. The third-order valence-corrected chi connectivity index (χ3v) is 4.60. The summed E-state index contributed by atoms with van der Waals surface area (Å²) in [6.45, 7) is 6.08. The van der Waals surface area contributed by atoms with Gasteiger partial charge in [-0.05, 0) is 19.4 Å². The molecule has 1 aromatic carbocycles. The first-order valence-electron chi connectivity index (χ1n) is 7.04. The first-order chi connectivity index (χ1) is 9.26. The molecule has 1 fully saturated rings. The summed E-state index contributed by atoms with van der Waals surface area (Å²) >= 11 is 0. The van der Waals surface area contributed by atoms with Crippen LogP contribution in [0.5, 0.6) is 5.75 Å². The van der Waals surface area contributed by atoms with E-state index in [0.29, 0.717) is 13.2 Å². The lowest BCUT2D eigenvalue weighted by Gasteiger charge is -2.41. The summed E-state index contributed by atoms with van der Waals surface area (Å²) in [5, 5.41) is 0. The zero-order chi connectivity index (χ0) is 13.3. The van der Waals surface area contributed by atoms with Crippen LogP contribution in [0.1, 0.15) is 18.9 Å². The lowest BCUT2D eigenvalue weighted by Crippen LogP contribution is -2.58. The van der Waals surface area contributed by atoms with Crippen LogP contribution in [0.15, 0.2) is 24.3 Å². The Labute approximate surface area is 114 Å². The van der Waals surface area contributed by atoms with Gasteiger partial charge in [-0.2, -0.15) is 0 Å². The van der Waals surface area contributed by atoms with Gasteiger partial charge < -0.3 is 15.2 Å². The largest absolute Gasteiger partial charge is 0.492 e. The smallest absolute Gasteiger partial charge is 0.123 e. The second kappa shape index (κ2) is 5.12. The monoisotopic (exact) mass is 262 g/mol. The number of nitrogens with two attached hydrogens (primary N) is 1. The van der Waals surface area contributed by atoms with Crippen molar-refractivity contribution in [3.05, 3.63) is 29.8 Å². The van der Waals surface area contributed by atoms with Crippen molar-refractivity contribution in [2.24, 2.45) is 5.73 Å². The van der Waals surface area contributed by atoms with Gasteiger partial charge in [-0.1, -0.05) is 18.2 Å². The highest BCUT2D eigenvalue weighted by molar-refractivity contribution is 5.34. The summed E-state index contributed by atoms with van der Waals surface area (Å²) in [4.78, 5) is 2.45. The van der Waals surface area contributed by atoms with Crippen molar-refractivity contribution in [2.45, 2.75) is 31.5 Å². The van der Waals surface area contributed by atoms with Crippen molar-refractivity contribution in [3.8, 4) is 5.75 Å². The minimum atomic E-state index is -0.0409. The summed E-state index contributed by atoms with van der Waals surface area (Å²) in [6, 6.07) is 8.27. The lowest BCUT2D eigenvalue weighted by molar-refractivity contribution is 0.00751. The van der Waals surface area contributed by atoms with Gasteiger partial charge in [0.25, 0.3) is 0 Å². The molecule has 0 bridgehead atoms. The topological polar surface area (TPSA) is 47.7 Å². The predicted octanol–water partition coefficient (Wildman–Crippen LogP) is 1.39. The highest BCUT2D eigenvalue weighted by atomic mass is 16.5. The Morgan fingerprint density at radius 3 is 2.95 bits per heavy atom. The summed E-state index contributed by atoms with van der Waals surface area (Å²) in [6.07, 6.45) is 1.19. The Bertz CT molecular complexity index is 452. The molecule has 19 heavy (non-hydrogen) atoms. The molecular weight excluding hydrogens is 240 g/mol. The van der Waals surface area contributed by atoms with Crippen LogP contribution in [-0.4, -0.2) is 42.8 Å². The van der Waals surface area contributed by atoms with E-state index >= 15 is 0 Å². The number of nitrogens with zero attached hydrogens (tertiary/aromatic N) is 1. The summed E-state index contributed by atoms with van der Waals surface area (Å²) < 4.78 is 11.6. The molecule has 104 valence electrons. The molecule has 0 amide bonds. The molecule has 1 saturated heterocycles. The van der Waals surface area contributed by atoms with E-state index in [2.05, 4.69) is 24.0 Å². The van der Waals surface area contributed by atoms with E-state index in [1.165, 1.54) is 5.56 Å². The predicted molar refractivity (Wildman–Crippen MR) is 74.2 cm³/mol. The highest BCUT2D eigenvalue weighted by Crippen LogP contribution is 2.35. The number of rotatable bonds is 2. The Morgan fingerprint density at radius 2 is 2.21 bits per heavy atom. The molecule has 0 aromatic heterocycles. The average molecular weight is 262 g/mol. The Hall–Kier alpha value is -1.10. The van der Waals surface area contributed by atoms with Crippen molar-refractivity contribution in [2.75, 3.05) is 26.3 Å². The molecule has 2 atom stereocenters. The summed E-state index contributed by atoms with van der Waals surface area (Å²) in [5.41, 5.74) is 7.30. The van der Waals surface area contributed by atoms with Crippen LogP contribution in [0.2, 0.25) is 0 Å². The fourth-order valence-electron chi connectivity index (χ4n) is 3.29. The van der Waals surface area contributed by atoms with Gasteiger partial charge in [0, 0.05) is 31.8 Å². The van der Waals surface area contributed by atoms with Crippen molar-refractivity contribution in [1.29, 1.82) is 0 Å². The molecule has 0 aliphatic carbocycles. The van der Waals surface area contributed by atoms with Crippen molar-refractivity contribution < 1.29 is 9.47 Å². The van der Waals surface area contributed by atoms with Crippen molar-refractivity contribution in [1.82, 2.24) is 4.90 Å². The summed E-state index contributed by atoms with van der Waals surface area (Å²) in [5.74, 6) is 1.00. The Balaban J connectivity index is 1.89. The fourth-order valence-corrected chi connectivity index (χ4v) is 3.29. The number of benzene rings is 1. The van der Waals surface area contributed by atoms with E-state index in [1.807, 2.05) is 12.1 Å². The molecule has 4 heteroatoms. The molecule has 1 aromatic rings. The zero-order valence-electron chi connectivity index (χ0n) is 11.5. The number of hydrogen-bond acceptors (Lipinski definition) is 4. The maximum absolute atomic E-state index is 6.10. The molecule has 0 radical (unpaired) electrons. The van der Waals surface area contributed by atoms with Crippen LogP contribution < -0.4 is 10.5 Å². The van der Waals surface area contributed by atoms with Gasteiger partial charge in [-0.3, -0.25) is 4.90 Å². The van der Waals surface area contributed by atoms with Crippen molar-refractivity contribution in [3.63, 3.8) is 0 Å². The standard InChI is InChI=1S/C15H22N2O2/c1-12-15(11-16,6-8-18-12)17-7-9-19-14-5-3-2-4-13(14)10-17/h2-5,12H,6-11,16H2,1H3. The van der Waals surface area contributed by atoms with Gasteiger partial charge in [-0.15, -0.1) is 0 Å². The van der Waals surface area contributed by atoms with Crippen LogP contribution in [0.4, 0.5) is 0 Å². The Morgan fingerprint density at radius 1 is 1.37 bits per heavy atom. The second-order valence-electron chi connectivity index (χ2n) is 5.45. The van der Waals surface area contributed by atoms with E-state index in [9.17, 15) is 0 Å². The van der Waals surface area contributed by atoms with Crippen LogP contribution in [0.25, 0.3) is 0 Å². The first-order valence-corrected chi connectivity index (χ1v) is 7.04. The molecule has 0 saturated carbocycles. The number of fused-ring (bicyclic) bond motifs is 1. The van der Waals surface area contributed by atoms with Gasteiger partial charge in [0.05, 0.1) is 11.6 Å². The van der Waals surface area contributed by atoms with Crippen molar-refractivity contribution >= 4 is 0 Å². The van der Waals surface area contributed by atoms with Crippen LogP contribution >= 0.6 is 0 Å². The van der Waals surface area contributed by atoms with Gasteiger partial charge in [0.2, 0.25) is 0 Å². The Kier molecular flexibility index (Phi) is 3.48. The molecule has 3 rings (SSSR count). The third kappa shape index (κ3) is 2.14. The molecule has 2 heterocycles. The van der Waals surface area contributed by atoms with Gasteiger partial charge in [0.15, 0.2) is 0 Å². The lowest BCUT2D eigenvalue weighted by atomic mass is 9.89. The molecule has 2 aliphatic heterocycles. The first kappa shape index (κ1) is 12.9.